The molecule has 4 N–H and O–H groups in total. The Morgan fingerprint density at radius 2 is 2.40 bits per heavy atom. The molecular weight excluding hydrogens is 280 g/mol. The fourth-order valence-electron chi connectivity index (χ4n) is 2.54. The molecule has 2 heterocycles. The summed E-state index contributed by atoms with van der Waals surface area (Å²) >= 11 is 6.06. The molecule has 0 bridgehead atoms. The number of carbonyl (C=O) groups is 1. The second-order valence-corrected chi connectivity index (χ2v) is 5.24. The number of nitrogens with zero attached hydrogens (tertiary/aromatic N) is 2. The highest BCUT2D eigenvalue weighted by Gasteiger charge is 2.30. The molecular formula is C13H19ClN4O2. The van der Waals surface area contributed by atoms with Gasteiger partial charge in [0.2, 0.25) is 0 Å². The first-order valence-electron chi connectivity index (χ1n) is 6.72. The van der Waals surface area contributed by atoms with Gasteiger partial charge in [-0.1, -0.05) is 11.6 Å². The number of hydrazine groups is 1. The molecule has 1 aromatic heterocycles. The highest BCUT2D eigenvalue weighted by molar-refractivity contribution is 6.33. The van der Waals surface area contributed by atoms with E-state index < -0.39 is 0 Å². The van der Waals surface area contributed by atoms with E-state index in [1.807, 2.05) is 0 Å². The number of halogens is 1. The third-order valence-electron chi connectivity index (χ3n) is 3.53. The summed E-state index contributed by atoms with van der Waals surface area (Å²) in [5.74, 6) is 5.54. The summed E-state index contributed by atoms with van der Waals surface area (Å²) in [6.07, 6.45) is 3.42. The fourth-order valence-corrected chi connectivity index (χ4v) is 2.72. The normalized spacial score (nSPS) is 18.4. The molecule has 7 heteroatoms. The minimum absolute atomic E-state index is 0.143. The summed E-state index contributed by atoms with van der Waals surface area (Å²) in [5, 5.41) is 9.24. The lowest BCUT2D eigenvalue weighted by molar-refractivity contribution is 0.0719. The predicted molar refractivity (Wildman–Crippen MR) is 77.4 cm³/mol. The van der Waals surface area contributed by atoms with Crippen molar-refractivity contribution in [3.8, 4) is 0 Å². The molecule has 0 aromatic carbocycles. The lowest BCUT2D eigenvalue weighted by Gasteiger charge is -2.24. The van der Waals surface area contributed by atoms with E-state index in [0.29, 0.717) is 23.8 Å². The number of aromatic nitrogens is 1. The van der Waals surface area contributed by atoms with Gasteiger partial charge in [-0.2, -0.15) is 0 Å². The van der Waals surface area contributed by atoms with Crippen LogP contribution >= 0.6 is 11.6 Å². The SMILES string of the molecule is NNc1ccc(Cl)c(C(=O)N2CCCC2CCCO)n1. The number of anilines is 1. The molecule has 1 aliphatic heterocycles. The van der Waals surface area contributed by atoms with E-state index in [1.54, 1.807) is 17.0 Å². The Balaban J connectivity index is 2.17. The summed E-state index contributed by atoms with van der Waals surface area (Å²) in [5.41, 5.74) is 2.63. The first kappa shape index (κ1) is 15.0. The largest absolute Gasteiger partial charge is 0.396 e. The summed E-state index contributed by atoms with van der Waals surface area (Å²) in [6, 6.07) is 3.38. The zero-order chi connectivity index (χ0) is 14.5. The topological polar surface area (TPSA) is 91.5 Å². The van der Waals surface area contributed by atoms with E-state index in [-0.39, 0.29) is 24.2 Å². The molecule has 1 unspecified atom stereocenters. The maximum absolute atomic E-state index is 12.6. The van der Waals surface area contributed by atoms with Crippen LogP contribution in [0.5, 0.6) is 0 Å². The van der Waals surface area contributed by atoms with Crippen LogP contribution in [0.4, 0.5) is 5.82 Å². The maximum atomic E-state index is 12.6. The smallest absolute Gasteiger partial charge is 0.274 e. The van der Waals surface area contributed by atoms with Gasteiger partial charge in [0.05, 0.1) is 5.02 Å². The number of carbonyl (C=O) groups excluding carboxylic acids is 1. The van der Waals surface area contributed by atoms with Crippen LogP contribution in [0, 0.1) is 0 Å². The van der Waals surface area contributed by atoms with Crippen LogP contribution in [-0.4, -0.2) is 40.1 Å². The molecule has 110 valence electrons. The van der Waals surface area contributed by atoms with Crippen molar-refractivity contribution in [1.29, 1.82) is 0 Å². The van der Waals surface area contributed by atoms with Gasteiger partial charge < -0.3 is 15.4 Å². The van der Waals surface area contributed by atoms with E-state index in [1.165, 1.54) is 0 Å². The van der Waals surface area contributed by atoms with Gasteiger partial charge in [0, 0.05) is 19.2 Å². The van der Waals surface area contributed by atoms with Gasteiger partial charge in [0.15, 0.2) is 0 Å². The Hall–Kier alpha value is -1.37. The molecule has 2 rings (SSSR count). The molecule has 0 saturated carbocycles. The van der Waals surface area contributed by atoms with Gasteiger partial charge in [-0.15, -0.1) is 0 Å². The summed E-state index contributed by atoms with van der Waals surface area (Å²) in [7, 11) is 0. The van der Waals surface area contributed by atoms with Gasteiger partial charge in [-0.3, -0.25) is 4.79 Å². The minimum atomic E-state index is -0.174. The monoisotopic (exact) mass is 298 g/mol. The number of nitrogen functional groups attached to an aromatic ring is 1. The Bertz CT molecular complexity index is 483. The molecule has 1 aliphatic rings. The van der Waals surface area contributed by atoms with Crippen LogP contribution in [0.25, 0.3) is 0 Å². The third-order valence-corrected chi connectivity index (χ3v) is 3.83. The zero-order valence-corrected chi connectivity index (χ0v) is 11.9. The lowest BCUT2D eigenvalue weighted by atomic mass is 10.1. The zero-order valence-electron chi connectivity index (χ0n) is 11.2. The average Bonchev–Trinajstić information content (AvgIpc) is 2.93. The number of aliphatic hydroxyl groups excluding tert-OH is 1. The number of amides is 1. The van der Waals surface area contributed by atoms with E-state index in [0.717, 1.165) is 19.3 Å². The molecule has 1 amide bonds. The molecule has 6 nitrogen and oxygen atoms in total. The lowest BCUT2D eigenvalue weighted by Crippen LogP contribution is -2.36. The molecule has 1 atom stereocenters. The molecule has 20 heavy (non-hydrogen) atoms. The number of nitrogens with one attached hydrogen (secondary N) is 1. The summed E-state index contributed by atoms with van der Waals surface area (Å²) in [6.45, 7) is 0.845. The van der Waals surface area contributed by atoms with E-state index in [4.69, 9.17) is 22.6 Å². The second kappa shape index (κ2) is 6.88. The highest BCUT2D eigenvalue weighted by Crippen LogP contribution is 2.26. The van der Waals surface area contributed by atoms with Crippen molar-refractivity contribution in [2.45, 2.75) is 31.7 Å². The predicted octanol–water partition coefficient (Wildman–Crippen LogP) is 1.40. The number of hydrogen-bond donors (Lipinski definition) is 3. The standard InChI is InChI=1S/C13H19ClN4O2/c14-10-5-6-11(17-15)16-12(10)13(20)18-7-1-3-9(18)4-2-8-19/h5-6,9,19H,1-4,7-8,15H2,(H,16,17). The van der Waals surface area contributed by atoms with Crippen LogP contribution in [-0.2, 0) is 0 Å². The minimum Gasteiger partial charge on any atom is -0.396 e. The van der Waals surface area contributed by atoms with Crippen molar-refractivity contribution in [3.63, 3.8) is 0 Å². The first-order valence-corrected chi connectivity index (χ1v) is 7.10. The number of pyridine rings is 1. The number of likely N-dealkylation sites (tertiary alicyclic amines) is 1. The Morgan fingerprint density at radius 1 is 1.60 bits per heavy atom. The van der Waals surface area contributed by atoms with Gasteiger partial charge in [0.25, 0.3) is 5.91 Å². The van der Waals surface area contributed by atoms with E-state index in [2.05, 4.69) is 10.4 Å². The van der Waals surface area contributed by atoms with Gasteiger partial charge in [0.1, 0.15) is 11.5 Å². The molecule has 0 spiro atoms. The number of aliphatic hydroxyl groups is 1. The van der Waals surface area contributed by atoms with Gasteiger partial charge >= 0.3 is 0 Å². The third kappa shape index (κ3) is 3.20. The Labute approximate surface area is 122 Å². The Kier molecular flexibility index (Phi) is 5.17. The van der Waals surface area contributed by atoms with Crippen molar-refractivity contribution in [3.05, 3.63) is 22.8 Å². The number of hydrogen-bond acceptors (Lipinski definition) is 5. The first-order chi connectivity index (χ1) is 9.67. The number of nitrogens with two attached hydrogens (primary N) is 1. The highest BCUT2D eigenvalue weighted by atomic mass is 35.5. The van der Waals surface area contributed by atoms with Crippen molar-refractivity contribution in [2.75, 3.05) is 18.6 Å². The van der Waals surface area contributed by atoms with Crippen LogP contribution in [0.2, 0.25) is 5.02 Å². The molecule has 1 saturated heterocycles. The summed E-state index contributed by atoms with van der Waals surface area (Å²) < 4.78 is 0. The van der Waals surface area contributed by atoms with Crippen LogP contribution in [0.15, 0.2) is 12.1 Å². The quantitative estimate of drug-likeness (QED) is 0.564. The average molecular weight is 299 g/mol. The van der Waals surface area contributed by atoms with Crippen molar-refractivity contribution < 1.29 is 9.90 Å². The van der Waals surface area contributed by atoms with E-state index in [9.17, 15) is 4.79 Å². The van der Waals surface area contributed by atoms with Crippen molar-refractivity contribution >= 4 is 23.3 Å². The van der Waals surface area contributed by atoms with Gasteiger partial charge in [-0.25, -0.2) is 10.8 Å². The maximum Gasteiger partial charge on any atom is 0.274 e. The summed E-state index contributed by atoms with van der Waals surface area (Å²) in [4.78, 5) is 18.5. The molecule has 1 aromatic rings. The second-order valence-electron chi connectivity index (χ2n) is 4.83. The Morgan fingerprint density at radius 3 is 3.10 bits per heavy atom. The van der Waals surface area contributed by atoms with Gasteiger partial charge in [-0.05, 0) is 37.8 Å². The molecule has 1 fully saturated rings. The van der Waals surface area contributed by atoms with Crippen LogP contribution < -0.4 is 11.3 Å². The van der Waals surface area contributed by atoms with Crippen molar-refractivity contribution in [2.24, 2.45) is 5.84 Å². The fraction of sp³-hybridized carbons (Fsp3) is 0.538. The van der Waals surface area contributed by atoms with Crippen LogP contribution in [0.1, 0.15) is 36.2 Å². The number of rotatable bonds is 5. The van der Waals surface area contributed by atoms with Crippen LogP contribution in [0.3, 0.4) is 0 Å². The molecule has 0 radical (unpaired) electrons. The molecule has 0 aliphatic carbocycles. The van der Waals surface area contributed by atoms with Crippen molar-refractivity contribution in [1.82, 2.24) is 9.88 Å². The van der Waals surface area contributed by atoms with E-state index >= 15 is 0 Å².